The van der Waals surface area contributed by atoms with E-state index < -0.39 is 10.8 Å². The van der Waals surface area contributed by atoms with E-state index in [-0.39, 0.29) is 33.3 Å². The third-order valence-electron chi connectivity index (χ3n) is 2.72. The van der Waals surface area contributed by atoms with E-state index >= 15 is 0 Å². The fourth-order valence-electron chi connectivity index (χ4n) is 1.75. The Balaban J connectivity index is 2.17. The van der Waals surface area contributed by atoms with Gasteiger partial charge in [0.05, 0.1) is 16.7 Å². The molecule has 0 aromatic heterocycles. The lowest BCUT2D eigenvalue weighted by Crippen LogP contribution is -2.17. The summed E-state index contributed by atoms with van der Waals surface area (Å²) in [6, 6.07) is 7.24. The van der Waals surface area contributed by atoms with Crippen molar-refractivity contribution in [3.63, 3.8) is 0 Å². The van der Waals surface area contributed by atoms with Gasteiger partial charge in [-0.3, -0.25) is 14.9 Å². The number of carbonyl (C=O) groups excluding carboxylic acids is 1. The second kappa shape index (κ2) is 6.75. The molecule has 23 heavy (non-hydrogen) atoms. The Hall–Kier alpha value is -3.13. The number of phenols is 2. The minimum atomic E-state index is -0.711. The first-order valence-corrected chi connectivity index (χ1v) is 6.55. The van der Waals surface area contributed by atoms with Crippen molar-refractivity contribution in [2.45, 2.75) is 0 Å². The van der Waals surface area contributed by atoms with E-state index in [0.29, 0.717) is 0 Å². The van der Waals surface area contributed by atoms with Gasteiger partial charge in [-0.2, -0.15) is 5.10 Å². The molecular formula is C14H10ClN3O5. The zero-order valence-corrected chi connectivity index (χ0v) is 12.2. The molecule has 0 fully saturated rings. The van der Waals surface area contributed by atoms with Gasteiger partial charge in [0.1, 0.15) is 11.5 Å². The van der Waals surface area contributed by atoms with E-state index in [0.717, 1.165) is 24.4 Å². The van der Waals surface area contributed by atoms with Gasteiger partial charge in [0.25, 0.3) is 11.6 Å². The number of hydrogen-bond acceptors (Lipinski definition) is 6. The Kier molecular flexibility index (Phi) is 4.77. The van der Waals surface area contributed by atoms with Gasteiger partial charge in [-0.15, -0.1) is 0 Å². The van der Waals surface area contributed by atoms with Crippen molar-refractivity contribution < 1.29 is 19.9 Å². The van der Waals surface area contributed by atoms with E-state index in [2.05, 4.69) is 10.5 Å². The number of amides is 1. The second-order valence-electron chi connectivity index (χ2n) is 4.40. The maximum Gasteiger partial charge on any atom is 0.278 e. The van der Waals surface area contributed by atoms with Crippen LogP contribution in [0.2, 0.25) is 5.02 Å². The largest absolute Gasteiger partial charge is 0.508 e. The molecule has 1 amide bonds. The van der Waals surface area contributed by atoms with Crippen LogP contribution in [0.15, 0.2) is 41.5 Å². The Morgan fingerprint density at radius 2 is 1.87 bits per heavy atom. The van der Waals surface area contributed by atoms with Crippen LogP contribution in [0.25, 0.3) is 0 Å². The summed E-state index contributed by atoms with van der Waals surface area (Å²) in [5.74, 6) is -1.29. The van der Waals surface area contributed by atoms with Gasteiger partial charge in [-0.05, 0) is 24.3 Å². The lowest BCUT2D eigenvalue weighted by atomic mass is 10.2. The molecule has 118 valence electrons. The molecule has 0 aliphatic carbocycles. The molecule has 0 spiro atoms. The van der Waals surface area contributed by atoms with Crippen molar-refractivity contribution in [3.05, 3.63) is 62.7 Å². The number of nitrogens with zero attached hydrogens (tertiary/aromatic N) is 2. The number of carbonyl (C=O) groups is 1. The molecule has 0 aliphatic heterocycles. The quantitative estimate of drug-likeness (QED) is 0.449. The lowest BCUT2D eigenvalue weighted by molar-refractivity contribution is -0.385. The summed E-state index contributed by atoms with van der Waals surface area (Å²) in [7, 11) is 0. The molecule has 0 radical (unpaired) electrons. The monoisotopic (exact) mass is 335 g/mol. The van der Waals surface area contributed by atoms with Crippen LogP contribution in [0, 0.1) is 10.1 Å². The van der Waals surface area contributed by atoms with E-state index in [1.807, 2.05) is 0 Å². The van der Waals surface area contributed by atoms with Crippen molar-refractivity contribution >= 4 is 29.4 Å². The Morgan fingerprint density at radius 3 is 2.48 bits per heavy atom. The molecule has 0 heterocycles. The molecule has 2 aromatic carbocycles. The first-order chi connectivity index (χ1) is 10.9. The summed E-state index contributed by atoms with van der Waals surface area (Å²) in [6.45, 7) is 0. The third kappa shape index (κ3) is 4.17. The van der Waals surface area contributed by atoms with Gasteiger partial charge >= 0.3 is 0 Å². The minimum Gasteiger partial charge on any atom is -0.508 e. The van der Waals surface area contributed by atoms with Gasteiger partial charge in [-0.25, -0.2) is 5.43 Å². The first-order valence-electron chi connectivity index (χ1n) is 6.17. The molecule has 2 rings (SSSR count). The van der Waals surface area contributed by atoms with Crippen molar-refractivity contribution in [3.8, 4) is 11.5 Å². The molecule has 9 heteroatoms. The van der Waals surface area contributed by atoms with E-state index in [1.165, 1.54) is 18.2 Å². The van der Waals surface area contributed by atoms with Crippen LogP contribution in [-0.4, -0.2) is 27.3 Å². The molecule has 8 nitrogen and oxygen atoms in total. The predicted octanol–water partition coefficient (Wildman–Crippen LogP) is 2.42. The number of hydrazone groups is 1. The Morgan fingerprint density at radius 1 is 1.22 bits per heavy atom. The molecule has 0 saturated carbocycles. The van der Waals surface area contributed by atoms with Crippen molar-refractivity contribution in [1.82, 2.24) is 5.43 Å². The van der Waals surface area contributed by atoms with Crippen LogP contribution in [0.1, 0.15) is 15.9 Å². The average molecular weight is 336 g/mol. The third-order valence-corrected chi connectivity index (χ3v) is 2.96. The Bertz CT molecular complexity index is 787. The zero-order chi connectivity index (χ0) is 17.0. The standard InChI is InChI=1S/C14H10ClN3O5/c15-10-1-2-13(18(22)23)9(3-10)7-16-17-14(21)8-4-11(19)6-12(20)5-8/h1-7,19-20H,(H,17,21)/b16-7+. The number of nitro groups is 1. The van der Waals surface area contributed by atoms with Crippen LogP contribution in [0.4, 0.5) is 5.69 Å². The molecule has 0 saturated heterocycles. The summed E-state index contributed by atoms with van der Waals surface area (Å²) in [6.07, 6.45) is 1.07. The van der Waals surface area contributed by atoms with Gasteiger partial charge in [0.15, 0.2) is 0 Å². The molecule has 0 atom stereocenters. The van der Waals surface area contributed by atoms with Crippen LogP contribution in [0.3, 0.4) is 0 Å². The number of hydrogen-bond donors (Lipinski definition) is 3. The lowest BCUT2D eigenvalue weighted by Gasteiger charge is -2.02. The number of nitro benzene ring substituents is 1. The van der Waals surface area contributed by atoms with E-state index in [4.69, 9.17) is 11.6 Å². The number of benzene rings is 2. The van der Waals surface area contributed by atoms with Crippen LogP contribution in [0.5, 0.6) is 11.5 Å². The topological polar surface area (TPSA) is 125 Å². The molecular weight excluding hydrogens is 326 g/mol. The predicted molar refractivity (Wildman–Crippen MR) is 82.9 cm³/mol. The maximum absolute atomic E-state index is 11.8. The van der Waals surface area contributed by atoms with Gasteiger partial charge in [0, 0.05) is 22.7 Å². The fraction of sp³-hybridized carbons (Fsp3) is 0. The van der Waals surface area contributed by atoms with E-state index in [9.17, 15) is 25.1 Å². The molecule has 0 bridgehead atoms. The second-order valence-corrected chi connectivity index (χ2v) is 4.83. The summed E-state index contributed by atoms with van der Waals surface area (Å²) >= 11 is 5.77. The minimum absolute atomic E-state index is 0.0276. The first kappa shape index (κ1) is 16.2. The highest BCUT2D eigenvalue weighted by Crippen LogP contribution is 2.21. The molecule has 0 aliphatic rings. The number of halogens is 1. The van der Waals surface area contributed by atoms with Crippen LogP contribution >= 0.6 is 11.6 Å². The molecule has 0 unspecified atom stereocenters. The maximum atomic E-state index is 11.8. The summed E-state index contributed by atoms with van der Waals surface area (Å²) in [5, 5.41) is 33.4. The number of phenolic OH excluding ortho intramolecular Hbond substituents is 2. The zero-order valence-electron chi connectivity index (χ0n) is 11.4. The highest BCUT2D eigenvalue weighted by molar-refractivity contribution is 6.31. The SMILES string of the molecule is O=C(N/N=C/c1cc(Cl)ccc1[N+](=O)[O-])c1cc(O)cc(O)c1. The van der Waals surface area contributed by atoms with Crippen molar-refractivity contribution in [2.24, 2.45) is 5.10 Å². The normalized spacial score (nSPS) is 10.7. The van der Waals surface area contributed by atoms with Crippen molar-refractivity contribution in [1.29, 1.82) is 0 Å². The number of nitrogens with one attached hydrogen (secondary N) is 1. The highest BCUT2D eigenvalue weighted by atomic mass is 35.5. The van der Waals surface area contributed by atoms with E-state index in [1.54, 1.807) is 0 Å². The fourth-order valence-corrected chi connectivity index (χ4v) is 1.93. The van der Waals surface area contributed by atoms with Crippen LogP contribution < -0.4 is 5.43 Å². The average Bonchev–Trinajstić information content (AvgIpc) is 2.45. The van der Waals surface area contributed by atoms with Crippen molar-refractivity contribution in [2.75, 3.05) is 0 Å². The van der Waals surface area contributed by atoms with Crippen LogP contribution in [-0.2, 0) is 0 Å². The summed E-state index contributed by atoms with van der Waals surface area (Å²) in [5.41, 5.74) is 2.00. The number of aromatic hydroxyl groups is 2. The Labute approximate surface area is 134 Å². The van der Waals surface area contributed by atoms with Gasteiger partial charge in [-0.1, -0.05) is 11.6 Å². The summed E-state index contributed by atoms with van der Waals surface area (Å²) < 4.78 is 0. The van der Waals surface area contributed by atoms with Gasteiger partial charge in [0.2, 0.25) is 0 Å². The van der Waals surface area contributed by atoms with Gasteiger partial charge < -0.3 is 10.2 Å². The number of rotatable bonds is 4. The smallest absolute Gasteiger partial charge is 0.278 e. The highest BCUT2D eigenvalue weighted by Gasteiger charge is 2.12. The molecule has 2 aromatic rings. The summed E-state index contributed by atoms with van der Waals surface area (Å²) in [4.78, 5) is 22.1. The molecule has 3 N–H and O–H groups in total.